The summed E-state index contributed by atoms with van der Waals surface area (Å²) in [5.74, 6) is -3.09. The van der Waals surface area contributed by atoms with E-state index < -0.39 is 58.4 Å². The third-order valence-corrected chi connectivity index (χ3v) is 9.88. The van der Waals surface area contributed by atoms with Crippen LogP contribution in [0, 0.1) is 28.6 Å². The van der Waals surface area contributed by atoms with Gasteiger partial charge in [0.05, 0.1) is 11.7 Å². The van der Waals surface area contributed by atoms with E-state index in [2.05, 4.69) is 4.98 Å². The first kappa shape index (κ1) is 25.0. The molecule has 7 nitrogen and oxygen atoms in total. The number of halogens is 1. The van der Waals surface area contributed by atoms with Gasteiger partial charge in [-0.15, -0.1) is 0 Å². The molecule has 3 saturated carbocycles. The number of carbonyl (C=O) groups is 3. The van der Waals surface area contributed by atoms with Crippen molar-refractivity contribution < 1.29 is 33.7 Å². The lowest BCUT2D eigenvalue weighted by atomic mass is 9.44. The molecule has 1 aromatic heterocycles. The lowest BCUT2D eigenvalue weighted by Crippen LogP contribution is -2.69. The van der Waals surface area contributed by atoms with Crippen molar-refractivity contribution >= 4 is 17.5 Å². The molecule has 1 heterocycles. The van der Waals surface area contributed by atoms with Crippen molar-refractivity contribution in [2.24, 2.45) is 28.6 Å². The lowest BCUT2D eigenvalue weighted by Gasteiger charge is -2.62. The first-order chi connectivity index (χ1) is 16.9. The van der Waals surface area contributed by atoms with Gasteiger partial charge in [0.15, 0.2) is 18.1 Å². The first-order valence-corrected chi connectivity index (χ1v) is 12.5. The van der Waals surface area contributed by atoms with Gasteiger partial charge in [-0.05, 0) is 68.7 Å². The molecule has 2 N–H and O–H groups in total. The van der Waals surface area contributed by atoms with Gasteiger partial charge in [-0.2, -0.15) is 0 Å². The Labute approximate surface area is 209 Å². The largest absolute Gasteiger partial charge is 0.454 e. The molecule has 0 radical (unpaired) electrons. The Kier molecular flexibility index (Phi) is 5.65. The molecule has 0 bridgehead atoms. The molecular formula is C28H32FNO6. The molecule has 0 spiro atoms. The second-order valence-corrected chi connectivity index (χ2v) is 11.4. The minimum absolute atomic E-state index is 0.127. The number of hydrogen-bond acceptors (Lipinski definition) is 7. The molecule has 192 valence electrons. The molecule has 3 fully saturated rings. The van der Waals surface area contributed by atoms with Gasteiger partial charge in [0.2, 0.25) is 5.78 Å². The number of ether oxygens (including phenoxy) is 1. The maximum atomic E-state index is 17.2. The van der Waals surface area contributed by atoms with Crippen LogP contribution in [0.5, 0.6) is 0 Å². The normalized spacial score (nSPS) is 43.2. The van der Waals surface area contributed by atoms with Crippen molar-refractivity contribution in [3.05, 3.63) is 53.9 Å². The van der Waals surface area contributed by atoms with E-state index in [0.717, 1.165) is 0 Å². The number of rotatable bonds is 4. The van der Waals surface area contributed by atoms with Gasteiger partial charge in [-0.3, -0.25) is 14.6 Å². The number of fused-ring (bicyclic) bond motifs is 5. The number of aromatic nitrogens is 1. The minimum atomic E-state index is -2.04. The Balaban J connectivity index is 1.44. The Morgan fingerprint density at radius 3 is 2.72 bits per heavy atom. The molecule has 4 aliphatic rings. The third-order valence-electron chi connectivity index (χ3n) is 9.88. The number of alkyl halides is 1. The highest BCUT2D eigenvalue weighted by molar-refractivity contribution is 6.01. The number of carbonyl (C=O) groups excluding carboxylic acids is 3. The van der Waals surface area contributed by atoms with Crippen molar-refractivity contribution in [3.63, 3.8) is 0 Å². The Bertz CT molecular complexity index is 1180. The van der Waals surface area contributed by atoms with Crippen LogP contribution in [0.15, 0.2) is 48.3 Å². The molecule has 1 aromatic rings. The number of aliphatic hydroxyl groups is 2. The molecule has 8 heteroatoms. The summed E-state index contributed by atoms with van der Waals surface area (Å²) in [6, 6.07) is 3.09. The van der Waals surface area contributed by atoms with E-state index in [9.17, 15) is 24.6 Å². The number of ketones is 2. The molecule has 0 aliphatic heterocycles. The van der Waals surface area contributed by atoms with E-state index in [1.54, 1.807) is 32.9 Å². The van der Waals surface area contributed by atoms with Crippen molar-refractivity contribution in [2.75, 3.05) is 6.61 Å². The van der Waals surface area contributed by atoms with Crippen LogP contribution in [0.2, 0.25) is 0 Å². The Hall–Kier alpha value is -2.71. The van der Waals surface area contributed by atoms with Gasteiger partial charge in [0.25, 0.3) is 0 Å². The summed E-state index contributed by atoms with van der Waals surface area (Å²) < 4.78 is 22.4. The first-order valence-electron chi connectivity index (χ1n) is 12.5. The van der Waals surface area contributed by atoms with Crippen LogP contribution in [-0.4, -0.2) is 56.7 Å². The summed E-state index contributed by atoms with van der Waals surface area (Å²) in [6.45, 7) is 4.60. The van der Waals surface area contributed by atoms with Crippen molar-refractivity contribution in [3.8, 4) is 0 Å². The van der Waals surface area contributed by atoms with Crippen LogP contribution >= 0.6 is 0 Å². The number of aliphatic hydroxyl groups excluding tert-OH is 1. The average molecular weight is 498 g/mol. The number of allylic oxidation sites excluding steroid dienone is 4. The summed E-state index contributed by atoms with van der Waals surface area (Å²) in [5, 5.41) is 23.3. The number of Topliss-reactive ketones (excluding diaryl/α,β-unsaturated/α-hetero) is 1. The fourth-order valence-electron chi connectivity index (χ4n) is 7.95. The summed E-state index contributed by atoms with van der Waals surface area (Å²) in [6.07, 6.45) is 6.98. The van der Waals surface area contributed by atoms with E-state index in [1.165, 1.54) is 30.6 Å². The highest BCUT2D eigenvalue weighted by Gasteiger charge is 2.75. The number of pyridine rings is 1. The van der Waals surface area contributed by atoms with Gasteiger partial charge in [-0.25, -0.2) is 9.18 Å². The zero-order chi connectivity index (χ0) is 26.1. The van der Waals surface area contributed by atoms with Crippen LogP contribution in [0.25, 0.3) is 0 Å². The topological polar surface area (TPSA) is 114 Å². The maximum Gasteiger partial charge on any atom is 0.340 e. The standard InChI is InChI=1S/C28H32FNO6/c1-16-11-21-20-7-6-18-12-19(31)8-9-25(18,2)27(20,29)22(32)13-26(21,3)28(16,35)23(33)15-36-24(34)17-5-4-10-30-14-17/h4-5,8-10,12,14,16,20-22,32,35H,6-7,11,13,15H2,1-3H3/t16-,20+,21+,22+,25+,26+,27?,28+/m1/s1. The van der Waals surface area contributed by atoms with E-state index in [-0.39, 0.29) is 23.7 Å². The zero-order valence-corrected chi connectivity index (χ0v) is 20.7. The number of hydrogen-bond donors (Lipinski definition) is 2. The summed E-state index contributed by atoms with van der Waals surface area (Å²) >= 11 is 0. The van der Waals surface area contributed by atoms with E-state index in [0.29, 0.717) is 24.8 Å². The molecule has 5 rings (SSSR count). The second kappa shape index (κ2) is 8.15. The molecule has 4 aliphatic carbocycles. The quantitative estimate of drug-likeness (QED) is 0.615. The maximum absolute atomic E-state index is 17.2. The summed E-state index contributed by atoms with van der Waals surface area (Å²) in [4.78, 5) is 41.7. The van der Waals surface area contributed by atoms with Crippen molar-refractivity contribution in [2.45, 2.75) is 63.8 Å². The van der Waals surface area contributed by atoms with Gasteiger partial charge in [-0.1, -0.05) is 25.5 Å². The summed E-state index contributed by atoms with van der Waals surface area (Å²) in [7, 11) is 0. The molecule has 8 atom stereocenters. The smallest absolute Gasteiger partial charge is 0.340 e. The van der Waals surface area contributed by atoms with Crippen molar-refractivity contribution in [1.82, 2.24) is 4.98 Å². The molecule has 36 heavy (non-hydrogen) atoms. The van der Waals surface area contributed by atoms with Crippen LogP contribution < -0.4 is 0 Å². The summed E-state index contributed by atoms with van der Waals surface area (Å²) in [5.41, 5.74) is -5.33. The monoisotopic (exact) mass is 497 g/mol. The number of nitrogens with zero attached hydrogens (tertiary/aromatic N) is 1. The fourth-order valence-corrected chi connectivity index (χ4v) is 7.95. The SMILES string of the molecule is C[C@@H]1C[C@H]2[C@@H]3CCC4=CC(=O)C=C[C@]4(C)C3(F)[C@@H](O)C[C@]2(C)[C@@]1(O)C(=O)COC(=O)c1cccnc1. The van der Waals surface area contributed by atoms with E-state index in [1.807, 2.05) is 0 Å². The molecule has 0 aromatic carbocycles. The predicted molar refractivity (Wildman–Crippen MR) is 127 cm³/mol. The zero-order valence-electron chi connectivity index (χ0n) is 20.7. The highest BCUT2D eigenvalue weighted by atomic mass is 19.1. The Morgan fingerprint density at radius 2 is 2.03 bits per heavy atom. The van der Waals surface area contributed by atoms with E-state index >= 15 is 4.39 Å². The van der Waals surface area contributed by atoms with Crippen molar-refractivity contribution in [1.29, 1.82) is 0 Å². The fraction of sp³-hybridized carbons (Fsp3) is 0.571. The minimum Gasteiger partial charge on any atom is -0.454 e. The van der Waals surface area contributed by atoms with Gasteiger partial charge < -0.3 is 14.9 Å². The molecule has 0 saturated heterocycles. The van der Waals surface area contributed by atoms with E-state index in [4.69, 9.17) is 4.74 Å². The molecule has 1 unspecified atom stereocenters. The van der Waals surface area contributed by atoms with Crippen LogP contribution in [0.1, 0.15) is 56.8 Å². The third kappa shape index (κ3) is 3.10. The second-order valence-electron chi connectivity index (χ2n) is 11.4. The Morgan fingerprint density at radius 1 is 1.28 bits per heavy atom. The molecule has 0 amide bonds. The predicted octanol–water partition coefficient (Wildman–Crippen LogP) is 3.16. The highest BCUT2D eigenvalue weighted by Crippen LogP contribution is 2.70. The van der Waals surface area contributed by atoms with Gasteiger partial charge in [0, 0.05) is 29.1 Å². The van der Waals surface area contributed by atoms with Crippen LogP contribution in [0.3, 0.4) is 0 Å². The number of esters is 1. The lowest BCUT2D eigenvalue weighted by molar-refractivity contribution is -0.219. The van der Waals surface area contributed by atoms with Crippen LogP contribution in [-0.2, 0) is 14.3 Å². The van der Waals surface area contributed by atoms with Gasteiger partial charge in [0.1, 0.15) is 5.60 Å². The van der Waals surface area contributed by atoms with Gasteiger partial charge >= 0.3 is 5.97 Å². The average Bonchev–Trinajstić information content (AvgIpc) is 3.05. The van der Waals surface area contributed by atoms with Crippen LogP contribution in [0.4, 0.5) is 4.39 Å². The molecular weight excluding hydrogens is 465 g/mol.